The zero-order valence-corrected chi connectivity index (χ0v) is 18.4. The van der Waals surface area contributed by atoms with E-state index in [-0.39, 0.29) is 38.2 Å². The van der Waals surface area contributed by atoms with E-state index in [1.165, 1.54) is 0 Å². The van der Waals surface area contributed by atoms with Crippen molar-refractivity contribution in [2.24, 2.45) is 0 Å². The molecule has 0 aliphatic heterocycles. The van der Waals surface area contributed by atoms with E-state index in [9.17, 15) is 19.2 Å². The van der Waals surface area contributed by atoms with Gasteiger partial charge in [0.2, 0.25) is 0 Å². The SMILES string of the molecule is CCOC(=O)CN(CCN(CC(=O)OCC)c1ccc(C=O)cc1)c1ccc(C=O)cc1. The number of hydrogen-bond donors (Lipinski definition) is 0. The van der Waals surface area contributed by atoms with E-state index in [0.717, 1.165) is 23.9 Å². The van der Waals surface area contributed by atoms with E-state index in [4.69, 9.17) is 9.47 Å². The summed E-state index contributed by atoms with van der Waals surface area (Å²) in [6, 6.07) is 13.7. The molecule has 0 saturated heterocycles. The maximum Gasteiger partial charge on any atom is 0.325 e. The third kappa shape index (κ3) is 7.54. The summed E-state index contributed by atoms with van der Waals surface area (Å²) in [6.07, 6.45) is 1.51. The Morgan fingerprint density at radius 1 is 0.688 bits per heavy atom. The molecule has 0 spiro atoms. The Morgan fingerprint density at radius 3 is 1.31 bits per heavy atom. The molecule has 0 fully saturated rings. The molecular formula is C24H28N2O6. The van der Waals surface area contributed by atoms with Crippen LogP contribution in [0.15, 0.2) is 48.5 Å². The van der Waals surface area contributed by atoms with E-state index < -0.39 is 0 Å². The predicted octanol–water partition coefficient (Wildman–Crippen LogP) is 2.75. The van der Waals surface area contributed by atoms with E-state index >= 15 is 0 Å². The summed E-state index contributed by atoms with van der Waals surface area (Å²) in [5.41, 5.74) is 2.56. The molecule has 32 heavy (non-hydrogen) atoms. The molecule has 0 heterocycles. The van der Waals surface area contributed by atoms with Crippen molar-refractivity contribution in [1.29, 1.82) is 0 Å². The molecule has 2 aromatic rings. The van der Waals surface area contributed by atoms with Crippen LogP contribution in [0.4, 0.5) is 11.4 Å². The molecule has 0 unspecified atom stereocenters. The maximum absolute atomic E-state index is 12.2. The summed E-state index contributed by atoms with van der Waals surface area (Å²) in [5.74, 6) is -0.751. The minimum Gasteiger partial charge on any atom is -0.465 e. The molecule has 0 aliphatic rings. The number of carbonyl (C=O) groups excluding carboxylic acids is 4. The van der Waals surface area contributed by atoms with Crippen LogP contribution in [0.25, 0.3) is 0 Å². The van der Waals surface area contributed by atoms with E-state index in [2.05, 4.69) is 0 Å². The van der Waals surface area contributed by atoms with Gasteiger partial charge in [-0.25, -0.2) is 0 Å². The van der Waals surface area contributed by atoms with Gasteiger partial charge in [-0.1, -0.05) is 0 Å². The summed E-state index contributed by atoms with van der Waals surface area (Å²) in [7, 11) is 0. The predicted molar refractivity (Wildman–Crippen MR) is 121 cm³/mol. The van der Waals surface area contributed by atoms with Crippen molar-refractivity contribution < 1.29 is 28.7 Å². The maximum atomic E-state index is 12.2. The van der Waals surface area contributed by atoms with Gasteiger partial charge in [0.15, 0.2) is 0 Å². The Morgan fingerprint density at radius 2 is 1.03 bits per heavy atom. The molecule has 0 aromatic heterocycles. The van der Waals surface area contributed by atoms with Gasteiger partial charge in [-0.3, -0.25) is 19.2 Å². The van der Waals surface area contributed by atoms with Crippen LogP contribution >= 0.6 is 0 Å². The van der Waals surface area contributed by atoms with Crippen LogP contribution in [-0.2, 0) is 19.1 Å². The first-order valence-corrected chi connectivity index (χ1v) is 10.4. The van der Waals surface area contributed by atoms with Gasteiger partial charge in [-0.2, -0.15) is 0 Å². The third-order valence-electron chi connectivity index (χ3n) is 4.68. The summed E-state index contributed by atoms with van der Waals surface area (Å²) < 4.78 is 10.2. The van der Waals surface area contributed by atoms with Crippen LogP contribution in [0.2, 0.25) is 0 Å². The zero-order chi connectivity index (χ0) is 23.3. The van der Waals surface area contributed by atoms with Crippen LogP contribution in [0.1, 0.15) is 34.6 Å². The zero-order valence-electron chi connectivity index (χ0n) is 18.4. The number of ether oxygens (including phenoxy) is 2. The van der Waals surface area contributed by atoms with Gasteiger partial charge in [0, 0.05) is 35.6 Å². The highest BCUT2D eigenvalue weighted by atomic mass is 16.5. The first kappa shape index (κ1) is 24.6. The molecule has 2 aromatic carbocycles. The fraction of sp³-hybridized carbons (Fsp3) is 0.333. The van der Waals surface area contributed by atoms with Crippen molar-refractivity contribution in [1.82, 2.24) is 0 Å². The lowest BCUT2D eigenvalue weighted by Crippen LogP contribution is -2.40. The number of nitrogens with zero attached hydrogens (tertiary/aromatic N) is 2. The first-order chi connectivity index (χ1) is 15.5. The van der Waals surface area contributed by atoms with Crippen molar-refractivity contribution in [2.45, 2.75) is 13.8 Å². The van der Waals surface area contributed by atoms with Gasteiger partial charge >= 0.3 is 11.9 Å². The topological polar surface area (TPSA) is 93.2 Å². The summed E-state index contributed by atoms with van der Waals surface area (Å²) >= 11 is 0. The number of carbonyl (C=O) groups is 4. The largest absolute Gasteiger partial charge is 0.465 e. The van der Waals surface area contributed by atoms with Gasteiger partial charge in [0.05, 0.1) is 13.2 Å². The Bertz CT molecular complexity index is 820. The highest BCUT2D eigenvalue weighted by molar-refractivity contribution is 5.79. The minimum atomic E-state index is -0.376. The molecule has 8 heteroatoms. The van der Waals surface area contributed by atoms with Gasteiger partial charge in [-0.05, 0) is 62.4 Å². The lowest BCUT2D eigenvalue weighted by Gasteiger charge is -2.29. The summed E-state index contributed by atoms with van der Waals surface area (Å²) in [6.45, 7) is 4.86. The highest BCUT2D eigenvalue weighted by Crippen LogP contribution is 2.18. The Kier molecular flexibility index (Phi) is 9.90. The number of benzene rings is 2. The molecule has 0 bridgehead atoms. The second-order valence-corrected chi connectivity index (χ2v) is 6.87. The van der Waals surface area contributed by atoms with Gasteiger partial charge in [-0.15, -0.1) is 0 Å². The normalized spacial score (nSPS) is 10.2. The average Bonchev–Trinajstić information content (AvgIpc) is 2.81. The van der Waals surface area contributed by atoms with Gasteiger partial charge in [0.1, 0.15) is 25.7 Å². The van der Waals surface area contributed by atoms with Crippen molar-refractivity contribution >= 4 is 35.9 Å². The quantitative estimate of drug-likeness (QED) is 0.347. The molecule has 170 valence electrons. The number of hydrogen-bond acceptors (Lipinski definition) is 8. The van der Waals surface area contributed by atoms with Crippen molar-refractivity contribution in [3.05, 3.63) is 59.7 Å². The Labute approximate surface area is 187 Å². The van der Waals surface area contributed by atoms with Crippen molar-refractivity contribution in [3.63, 3.8) is 0 Å². The molecule has 0 amide bonds. The minimum absolute atomic E-state index is 0.0194. The summed E-state index contributed by atoms with van der Waals surface area (Å²) in [4.78, 5) is 49.9. The van der Waals surface area contributed by atoms with Gasteiger partial charge in [0.25, 0.3) is 0 Å². The van der Waals surface area contributed by atoms with Crippen LogP contribution in [0, 0.1) is 0 Å². The van der Waals surface area contributed by atoms with Crippen molar-refractivity contribution in [3.8, 4) is 0 Å². The van der Waals surface area contributed by atoms with Gasteiger partial charge < -0.3 is 19.3 Å². The number of esters is 2. The fourth-order valence-electron chi connectivity index (χ4n) is 3.09. The molecule has 0 atom stereocenters. The number of rotatable bonds is 13. The van der Waals surface area contributed by atoms with E-state index in [1.807, 2.05) is 9.80 Å². The van der Waals surface area contributed by atoms with Crippen LogP contribution in [0.5, 0.6) is 0 Å². The Balaban J connectivity index is 2.23. The lowest BCUT2D eigenvalue weighted by atomic mass is 10.2. The highest BCUT2D eigenvalue weighted by Gasteiger charge is 2.17. The van der Waals surface area contributed by atoms with Crippen LogP contribution < -0.4 is 9.80 Å². The van der Waals surface area contributed by atoms with Crippen LogP contribution in [0.3, 0.4) is 0 Å². The second kappa shape index (κ2) is 12.9. The molecule has 0 N–H and O–H groups in total. The molecular weight excluding hydrogens is 412 g/mol. The van der Waals surface area contributed by atoms with Crippen molar-refractivity contribution in [2.75, 3.05) is 49.2 Å². The third-order valence-corrected chi connectivity index (χ3v) is 4.68. The monoisotopic (exact) mass is 440 g/mol. The Hall–Kier alpha value is -3.68. The number of aldehydes is 2. The molecule has 2 rings (SSSR count). The lowest BCUT2D eigenvalue weighted by molar-refractivity contribution is -0.142. The van der Waals surface area contributed by atoms with E-state index in [0.29, 0.717) is 24.2 Å². The standard InChI is InChI=1S/C24H28N2O6/c1-3-31-23(29)15-25(21-9-5-19(17-27)6-10-21)13-14-26(16-24(30)32-4-2)22-11-7-20(18-28)8-12-22/h5-12,17-18H,3-4,13-16H2,1-2H3. The molecule has 0 aliphatic carbocycles. The summed E-state index contributed by atoms with van der Waals surface area (Å²) in [5, 5.41) is 0. The smallest absolute Gasteiger partial charge is 0.325 e. The molecule has 0 radical (unpaired) electrons. The molecule has 0 saturated carbocycles. The first-order valence-electron chi connectivity index (χ1n) is 10.4. The van der Waals surface area contributed by atoms with Crippen LogP contribution in [-0.4, -0.2) is 63.9 Å². The van der Waals surface area contributed by atoms with E-state index in [1.54, 1.807) is 62.4 Å². The fourth-order valence-corrected chi connectivity index (χ4v) is 3.09. The average molecular weight is 440 g/mol. The number of anilines is 2. The second-order valence-electron chi connectivity index (χ2n) is 6.87. The molecule has 8 nitrogen and oxygen atoms in total.